The second kappa shape index (κ2) is 16.5. The maximum atomic E-state index is 4.84. The number of benzene rings is 2. The van der Waals surface area contributed by atoms with Gasteiger partial charge in [-0.1, -0.05) is 112 Å². The highest BCUT2D eigenvalue weighted by molar-refractivity contribution is 5.86. The Morgan fingerprint density at radius 3 is 1.36 bits per heavy atom. The second-order valence-corrected chi connectivity index (χ2v) is 9.57. The average molecular weight is 485 g/mol. The summed E-state index contributed by atoms with van der Waals surface area (Å²) in [5.74, 6) is 0. The summed E-state index contributed by atoms with van der Waals surface area (Å²) in [6.07, 6.45) is 18.3. The molecule has 0 amide bonds. The van der Waals surface area contributed by atoms with Gasteiger partial charge < -0.3 is 0 Å². The quantitative estimate of drug-likeness (QED) is 0.201. The molecule has 192 valence electrons. The van der Waals surface area contributed by atoms with Crippen molar-refractivity contribution in [1.29, 1.82) is 0 Å². The predicted octanol–water partition coefficient (Wildman–Crippen LogP) is 7.90. The molecule has 0 aromatic heterocycles. The van der Waals surface area contributed by atoms with Gasteiger partial charge in [0.1, 0.15) is 0 Å². The van der Waals surface area contributed by atoms with Gasteiger partial charge in [0.2, 0.25) is 0 Å². The number of hydrazone groups is 2. The molecule has 3 rings (SSSR count). The van der Waals surface area contributed by atoms with E-state index in [9.17, 15) is 0 Å². The van der Waals surface area contributed by atoms with E-state index in [1.165, 1.54) is 60.8 Å². The van der Waals surface area contributed by atoms with E-state index in [0.717, 1.165) is 39.0 Å². The van der Waals surface area contributed by atoms with E-state index < -0.39 is 0 Å². The zero-order valence-electron chi connectivity index (χ0n) is 22.4. The molecule has 0 atom stereocenters. The molecule has 0 aliphatic carbocycles. The lowest BCUT2D eigenvalue weighted by molar-refractivity contribution is 0.141. The maximum absolute atomic E-state index is 4.84. The minimum atomic E-state index is 0.898. The third-order valence-electron chi connectivity index (χ3n) is 6.45. The van der Waals surface area contributed by atoms with Gasteiger partial charge in [0.05, 0.1) is 38.6 Å². The molecule has 1 aliphatic rings. The molecule has 0 spiro atoms. The zero-order chi connectivity index (χ0) is 25.3. The van der Waals surface area contributed by atoms with Crippen LogP contribution in [0.4, 0.5) is 0 Å². The molecular formula is C32H44N4. The highest BCUT2D eigenvalue weighted by Gasteiger charge is 2.13. The van der Waals surface area contributed by atoms with E-state index in [1.807, 2.05) is 0 Å². The number of rotatable bonds is 14. The van der Waals surface area contributed by atoms with Gasteiger partial charge in [-0.25, -0.2) is 0 Å². The third-order valence-corrected chi connectivity index (χ3v) is 6.45. The number of allylic oxidation sites excluding steroid dienone is 2. The standard InChI is InChI=1S/C32H44N4/c1-3-5-9-19-31(25-29-15-11-7-12-16-29)27-33-35-21-23-36(24-22-35)34-28-32(20-10-6-4-2)26-30-17-13-8-14-18-30/h7-8,11-18,25-28H,3-6,9-10,19-24H2,1-2H3/b31-25-,32-26-,33-27-,34-28+. The fraction of sp³-hybridized carbons (Fsp3) is 0.438. The molecule has 1 fully saturated rings. The normalized spacial score (nSPS) is 15.4. The SMILES string of the molecule is CCCCCC(/C=N\N1CCN(/N=C/C(=C\c2ccccc2)CCCCC)CC1)=C/c1ccccc1. The van der Waals surface area contributed by atoms with Gasteiger partial charge in [0, 0.05) is 0 Å². The number of nitrogens with zero attached hydrogens (tertiary/aromatic N) is 4. The molecule has 0 N–H and O–H groups in total. The Kier molecular flexibility index (Phi) is 12.6. The van der Waals surface area contributed by atoms with Crippen molar-refractivity contribution in [3.63, 3.8) is 0 Å². The summed E-state index contributed by atoms with van der Waals surface area (Å²) in [5.41, 5.74) is 5.09. The van der Waals surface area contributed by atoms with Crippen molar-refractivity contribution < 1.29 is 0 Å². The van der Waals surface area contributed by atoms with Crippen molar-refractivity contribution in [1.82, 2.24) is 10.0 Å². The van der Waals surface area contributed by atoms with Gasteiger partial charge in [0.25, 0.3) is 0 Å². The van der Waals surface area contributed by atoms with Crippen LogP contribution in [0.15, 0.2) is 82.0 Å². The van der Waals surface area contributed by atoms with E-state index in [1.54, 1.807) is 0 Å². The van der Waals surface area contributed by atoms with Gasteiger partial charge in [-0.2, -0.15) is 10.2 Å². The van der Waals surface area contributed by atoms with Crippen molar-refractivity contribution in [2.45, 2.75) is 65.2 Å². The van der Waals surface area contributed by atoms with E-state index in [-0.39, 0.29) is 0 Å². The first-order chi connectivity index (χ1) is 17.8. The molecule has 4 nitrogen and oxygen atoms in total. The van der Waals surface area contributed by atoms with Crippen LogP contribution in [-0.2, 0) is 0 Å². The first-order valence-electron chi connectivity index (χ1n) is 13.9. The van der Waals surface area contributed by atoms with Crippen molar-refractivity contribution in [3.05, 3.63) is 82.9 Å². The monoisotopic (exact) mass is 484 g/mol. The molecule has 1 heterocycles. The van der Waals surface area contributed by atoms with Crippen molar-refractivity contribution >= 4 is 24.6 Å². The number of piperazine rings is 1. The Labute approximate surface area is 219 Å². The van der Waals surface area contributed by atoms with Gasteiger partial charge >= 0.3 is 0 Å². The number of hydrogen-bond donors (Lipinski definition) is 0. The lowest BCUT2D eigenvalue weighted by Gasteiger charge is -2.31. The van der Waals surface area contributed by atoms with Crippen molar-refractivity contribution in [2.24, 2.45) is 10.2 Å². The van der Waals surface area contributed by atoms with E-state index in [2.05, 4.69) is 109 Å². The Morgan fingerprint density at radius 1 is 0.611 bits per heavy atom. The summed E-state index contributed by atoms with van der Waals surface area (Å²) >= 11 is 0. The van der Waals surface area contributed by atoms with Crippen LogP contribution >= 0.6 is 0 Å². The van der Waals surface area contributed by atoms with Crippen LogP contribution in [-0.4, -0.2) is 48.6 Å². The summed E-state index contributed by atoms with van der Waals surface area (Å²) in [4.78, 5) is 0. The highest BCUT2D eigenvalue weighted by atomic mass is 15.5. The molecule has 0 saturated carbocycles. The van der Waals surface area contributed by atoms with Crippen LogP contribution < -0.4 is 0 Å². The maximum Gasteiger partial charge on any atom is 0.0553 e. The van der Waals surface area contributed by atoms with E-state index >= 15 is 0 Å². The summed E-state index contributed by atoms with van der Waals surface area (Å²) in [7, 11) is 0. The molecule has 0 radical (unpaired) electrons. The first-order valence-corrected chi connectivity index (χ1v) is 13.9. The summed E-state index contributed by atoms with van der Waals surface area (Å²) in [6.45, 7) is 8.10. The highest BCUT2D eigenvalue weighted by Crippen LogP contribution is 2.15. The smallest absolute Gasteiger partial charge is 0.0553 e. The molecule has 2 aromatic carbocycles. The first kappa shape index (κ1) is 27.4. The summed E-state index contributed by atoms with van der Waals surface area (Å²) in [6, 6.07) is 21.1. The Hall–Kier alpha value is -3.14. The number of hydrogen-bond acceptors (Lipinski definition) is 4. The van der Waals surface area contributed by atoms with Crippen molar-refractivity contribution in [3.8, 4) is 0 Å². The van der Waals surface area contributed by atoms with Gasteiger partial charge in [-0.05, 0) is 48.0 Å². The molecule has 1 saturated heterocycles. The van der Waals surface area contributed by atoms with Crippen LogP contribution in [0.25, 0.3) is 12.2 Å². The fourth-order valence-electron chi connectivity index (χ4n) is 4.26. The Morgan fingerprint density at radius 2 is 1.00 bits per heavy atom. The molecule has 2 aromatic rings. The largest absolute Gasteiger partial charge is 0.293 e. The Bertz CT molecular complexity index is 886. The molecular weight excluding hydrogens is 440 g/mol. The number of unbranched alkanes of at least 4 members (excludes halogenated alkanes) is 4. The summed E-state index contributed by atoms with van der Waals surface area (Å²) in [5, 5.41) is 14.1. The van der Waals surface area contributed by atoms with Gasteiger partial charge in [0.15, 0.2) is 0 Å². The third kappa shape index (κ3) is 10.6. The second-order valence-electron chi connectivity index (χ2n) is 9.57. The minimum Gasteiger partial charge on any atom is -0.293 e. The zero-order valence-corrected chi connectivity index (χ0v) is 22.4. The van der Waals surface area contributed by atoms with Gasteiger partial charge in [-0.3, -0.25) is 10.0 Å². The lowest BCUT2D eigenvalue weighted by Crippen LogP contribution is -2.41. The van der Waals surface area contributed by atoms with Crippen LogP contribution in [0.5, 0.6) is 0 Å². The lowest BCUT2D eigenvalue weighted by atomic mass is 10.1. The topological polar surface area (TPSA) is 31.2 Å². The molecule has 4 heteroatoms. The molecule has 36 heavy (non-hydrogen) atoms. The van der Waals surface area contributed by atoms with Crippen LogP contribution in [0.3, 0.4) is 0 Å². The molecule has 0 unspecified atom stereocenters. The fourth-order valence-corrected chi connectivity index (χ4v) is 4.26. The molecule has 1 aliphatic heterocycles. The average Bonchev–Trinajstić information content (AvgIpc) is 2.92. The van der Waals surface area contributed by atoms with Crippen LogP contribution in [0.1, 0.15) is 76.3 Å². The summed E-state index contributed by atoms with van der Waals surface area (Å²) < 4.78 is 0. The van der Waals surface area contributed by atoms with E-state index in [4.69, 9.17) is 10.2 Å². The Balaban J connectivity index is 1.55. The van der Waals surface area contributed by atoms with E-state index in [0.29, 0.717) is 0 Å². The minimum absolute atomic E-state index is 0.898. The van der Waals surface area contributed by atoms with Gasteiger partial charge in [-0.15, -0.1) is 0 Å². The predicted molar refractivity (Wildman–Crippen MR) is 157 cm³/mol. The van der Waals surface area contributed by atoms with Crippen LogP contribution in [0, 0.1) is 0 Å². The molecule has 0 bridgehead atoms. The van der Waals surface area contributed by atoms with Crippen LogP contribution in [0.2, 0.25) is 0 Å². The van der Waals surface area contributed by atoms with Crippen molar-refractivity contribution in [2.75, 3.05) is 26.2 Å².